The van der Waals surface area contributed by atoms with E-state index in [2.05, 4.69) is 28.5 Å². The van der Waals surface area contributed by atoms with Crippen molar-refractivity contribution in [3.8, 4) is 0 Å². The van der Waals surface area contributed by atoms with E-state index in [1.807, 2.05) is 18.2 Å². The monoisotopic (exact) mass is 382 g/mol. The first-order valence-electron chi connectivity index (χ1n) is 9.29. The molecule has 7 heteroatoms. The summed E-state index contributed by atoms with van der Waals surface area (Å²) in [4.78, 5) is 26.8. The topological polar surface area (TPSA) is 87.5 Å². The highest BCUT2D eigenvalue weighted by atomic mass is 35.5. The number of nitrogens with zero attached hydrogens (tertiary/aromatic N) is 1. The number of anilines is 2. The van der Waals surface area contributed by atoms with Gasteiger partial charge in [-0.2, -0.15) is 0 Å². The van der Waals surface area contributed by atoms with Crippen molar-refractivity contribution < 1.29 is 9.59 Å². The lowest BCUT2D eigenvalue weighted by atomic mass is 10.1. The molecule has 1 atom stereocenters. The Hall–Kier alpha value is -1.79. The van der Waals surface area contributed by atoms with Crippen LogP contribution < -0.4 is 21.3 Å². The Morgan fingerprint density at radius 2 is 2.00 bits per heavy atom. The van der Waals surface area contributed by atoms with E-state index in [0.717, 1.165) is 37.3 Å². The lowest BCUT2D eigenvalue weighted by Crippen LogP contribution is -2.44. The van der Waals surface area contributed by atoms with Crippen LogP contribution in [0.3, 0.4) is 0 Å². The maximum atomic E-state index is 12.6. The second kappa shape index (κ2) is 11.8. The molecule has 146 valence electrons. The second-order valence-corrected chi connectivity index (χ2v) is 6.53. The molecule has 1 aromatic carbocycles. The van der Waals surface area contributed by atoms with Gasteiger partial charge in [-0.1, -0.05) is 25.8 Å². The SMILES string of the molecule is CCCCC(NC(=O)CCN)C(=O)Nc1cccc(N2CCCC2)c1.Cl. The van der Waals surface area contributed by atoms with Crippen molar-refractivity contribution in [3.05, 3.63) is 24.3 Å². The van der Waals surface area contributed by atoms with Gasteiger partial charge in [-0.05, 0) is 37.5 Å². The number of carbonyl (C=O) groups is 2. The highest BCUT2D eigenvalue weighted by Crippen LogP contribution is 2.23. The zero-order chi connectivity index (χ0) is 18.1. The molecule has 1 aliphatic rings. The van der Waals surface area contributed by atoms with E-state index in [-0.39, 0.29) is 37.2 Å². The van der Waals surface area contributed by atoms with Crippen LogP contribution in [0, 0.1) is 0 Å². The van der Waals surface area contributed by atoms with Crippen molar-refractivity contribution >= 4 is 35.6 Å². The van der Waals surface area contributed by atoms with Crippen molar-refractivity contribution in [2.75, 3.05) is 29.9 Å². The third-order valence-corrected chi connectivity index (χ3v) is 4.45. The lowest BCUT2D eigenvalue weighted by Gasteiger charge is -2.20. The predicted molar refractivity (Wildman–Crippen MR) is 109 cm³/mol. The third kappa shape index (κ3) is 6.84. The molecular weight excluding hydrogens is 352 g/mol. The molecule has 1 heterocycles. The van der Waals surface area contributed by atoms with Gasteiger partial charge in [0.2, 0.25) is 11.8 Å². The van der Waals surface area contributed by atoms with Crippen LogP contribution >= 0.6 is 12.4 Å². The molecule has 0 saturated carbocycles. The van der Waals surface area contributed by atoms with Crippen LogP contribution in [0.25, 0.3) is 0 Å². The average Bonchev–Trinajstić information content (AvgIpc) is 3.13. The Morgan fingerprint density at radius 3 is 2.65 bits per heavy atom. The summed E-state index contributed by atoms with van der Waals surface area (Å²) in [6, 6.07) is 7.39. The Bertz CT molecular complexity index is 576. The van der Waals surface area contributed by atoms with Gasteiger partial charge >= 0.3 is 0 Å². The maximum absolute atomic E-state index is 12.6. The van der Waals surface area contributed by atoms with Crippen molar-refractivity contribution in [2.45, 2.75) is 51.5 Å². The number of unbranched alkanes of at least 4 members (excludes halogenated alkanes) is 1. The number of halogens is 1. The van der Waals surface area contributed by atoms with Crippen LogP contribution in [0.15, 0.2) is 24.3 Å². The number of amides is 2. The standard InChI is InChI=1S/C19H30N4O2.ClH/c1-2-3-9-17(22-18(24)10-11-20)19(25)21-15-7-6-8-16(14-15)23-12-4-5-13-23;/h6-8,14,17H,2-5,9-13,20H2,1H3,(H,21,25)(H,22,24);1H. The van der Waals surface area contributed by atoms with E-state index in [4.69, 9.17) is 5.73 Å². The number of rotatable bonds is 9. The van der Waals surface area contributed by atoms with Crippen LogP contribution in [0.4, 0.5) is 11.4 Å². The molecule has 6 nitrogen and oxygen atoms in total. The van der Waals surface area contributed by atoms with E-state index < -0.39 is 6.04 Å². The fourth-order valence-electron chi connectivity index (χ4n) is 3.06. The Morgan fingerprint density at radius 1 is 1.27 bits per heavy atom. The summed E-state index contributed by atoms with van der Waals surface area (Å²) in [5.74, 6) is -0.345. The summed E-state index contributed by atoms with van der Waals surface area (Å²) < 4.78 is 0. The van der Waals surface area contributed by atoms with E-state index >= 15 is 0 Å². The van der Waals surface area contributed by atoms with Crippen molar-refractivity contribution in [1.82, 2.24) is 5.32 Å². The number of carbonyl (C=O) groups excluding carboxylic acids is 2. The van der Waals surface area contributed by atoms with Gasteiger partial charge in [-0.15, -0.1) is 12.4 Å². The minimum atomic E-state index is -0.519. The van der Waals surface area contributed by atoms with E-state index in [0.29, 0.717) is 6.42 Å². The molecule has 26 heavy (non-hydrogen) atoms. The number of nitrogens with two attached hydrogens (primary N) is 1. The number of hydrogen-bond donors (Lipinski definition) is 3. The molecule has 1 aromatic rings. The van der Waals surface area contributed by atoms with E-state index in [1.54, 1.807) is 0 Å². The number of hydrogen-bond acceptors (Lipinski definition) is 4. The minimum absolute atomic E-state index is 0. The summed E-state index contributed by atoms with van der Waals surface area (Å²) in [5.41, 5.74) is 7.31. The van der Waals surface area contributed by atoms with Gasteiger partial charge in [0.15, 0.2) is 0 Å². The second-order valence-electron chi connectivity index (χ2n) is 6.53. The van der Waals surface area contributed by atoms with E-state index in [9.17, 15) is 9.59 Å². The fourth-order valence-corrected chi connectivity index (χ4v) is 3.06. The normalized spacial score (nSPS) is 14.5. The quantitative estimate of drug-likeness (QED) is 0.612. The molecule has 0 radical (unpaired) electrons. The Balaban J connectivity index is 0.00000338. The summed E-state index contributed by atoms with van der Waals surface area (Å²) in [5, 5.41) is 5.75. The van der Waals surface area contributed by atoms with Crippen LogP contribution in [0.2, 0.25) is 0 Å². The molecule has 0 spiro atoms. The van der Waals surface area contributed by atoms with E-state index in [1.165, 1.54) is 12.8 Å². The molecule has 1 unspecified atom stereocenters. The van der Waals surface area contributed by atoms with Gasteiger partial charge in [-0.25, -0.2) is 0 Å². The summed E-state index contributed by atoms with van der Waals surface area (Å²) in [6.07, 6.45) is 5.15. The van der Waals surface area contributed by atoms with Gasteiger partial charge in [0.1, 0.15) is 6.04 Å². The zero-order valence-corrected chi connectivity index (χ0v) is 16.3. The fraction of sp³-hybridized carbons (Fsp3) is 0.579. The van der Waals surface area contributed by atoms with Gasteiger partial charge in [0, 0.05) is 37.4 Å². The van der Waals surface area contributed by atoms with Gasteiger partial charge < -0.3 is 21.3 Å². The Labute approximate surface area is 162 Å². The molecule has 0 aromatic heterocycles. The molecule has 2 rings (SSSR count). The molecule has 0 aliphatic carbocycles. The molecule has 1 saturated heterocycles. The summed E-state index contributed by atoms with van der Waals surface area (Å²) >= 11 is 0. The zero-order valence-electron chi connectivity index (χ0n) is 15.5. The predicted octanol–water partition coefficient (Wildman–Crippen LogP) is 2.67. The van der Waals surface area contributed by atoms with Crippen molar-refractivity contribution in [3.63, 3.8) is 0 Å². The maximum Gasteiger partial charge on any atom is 0.246 e. The Kier molecular flexibility index (Phi) is 10.1. The summed E-state index contributed by atoms with van der Waals surface area (Å²) in [6.45, 7) is 4.47. The largest absolute Gasteiger partial charge is 0.371 e. The minimum Gasteiger partial charge on any atom is -0.371 e. The van der Waals surface area contributed by atoms with Crippen molar-refractivity contribution in [2.24, 2.45) is 5.73 Å². The first-order chi connectivity index (χ1) is 12.1. The van der Waals surface area contributed by atoms with Crippen LogP contribution in [-0.2, 0) is 9.59 Å². The molecule has 4 N–H and O–H groups in total. The number of nitrogens with one attached hydrogen (secondary N) is 2. The molecule has 1 fully saturated rings. The smallest absolute Gasteiger partial charge is 0.246 e. The average molecular weight is 383 g/mol. The first kappa shape index (κ1) is 22.3. The van der Waals surface area contributed by atoms with Crippen molar-refractivity contribution in [1.29, 1.82) is 0 Å². The first-order valence-corrected chi connectivity index (χ1v) is 9.29. The van der Waals surface area contributed by atoms with Crippen LogP contribution in [-0.4, -0.2) is 37.5 Å². The molecular formula is C19H31ClN4O2. The molecule has 2 amide bonds. The highest BCUT2D eigenvalue weighted by molar-refractivity contribution is 5.97. The molecule has 0 bridgehead atoms. The van der Waals surface area contributed by atoms with Gasteiger partial charge in [0.05, 0.1) is 0 Å². The number of benzene rings is 1. The van der Waals surface area contributed by atoms with Gasteiger partial charge in [0.25, 0.3) is 0 Å². The lowest BCUT2D eigenvalue weighted by molar-refractivity contribution is -0.126. The molecule has 1 aliphatic heterocycles. The van der Waals surface area contributed by atoms with Gasteiger partial charge in [-0.3, -0.25) is 9.59 Å². The summed E-state index contributed by atoms with van der Waals surface area (Å²) in [7, 11) is 0. The van der Waals surface area contributed by atoms with Crippen LogP contribution in [0.1, 0.15) is 45.4 Å². The highest BCUT2D eigenvalue weighted by Gasteiger charge is 2.20. The third-order valence-electron chi connectivity index (χ3n) is 4.45. The van der Waals surface area contributed by atoms with Crippen LogP contribution in [0.5, 0.6) is 0 Å².